The normalized spacial score (nSPS) is 10.6. The predicted molar refractivity (Wildman–Crippen MR) is 114 cm³/mol. The second kappa shape index (κ2) is 9.52. The fraction of sp³-hybridized carbons (Fsp3) is 0.273. The lowest BCUT2D eigenvalue weighted by Gasteiger charge is -2.20. The standard InChI is InChI=1S/C22H23FN2O3S/c1-4-5-12-25(21(26)16-8-6-7-9-18(16)23)22-24-19(14-29-22)17-13-15(27-2)10-11-20(17)28-3/h6-11,13-14H,4-5,12H2,1-3H3. The molecule has 0 fully saturated rings. The van der Waals surface area contributed by atoms with Crippen LogP contribution in [0.3, 0.4) is 0 Å². The van der Waals surface area contributed by atoms with E-state index in [2.05, 4.69) is 4.98 Å². The van der Waals surface area contributed by atoms with E-state index in [0.717, 1.165) is 18.4 Å². The van der Waals surface area contributed by atoms with Gasteiger partial charge in [0.1, 0.15) is 17.3 Å². The van der Waals surface area contributed by atoms with Gasteiger partial charge in [-0.15, -0.1) is 11.3 Å². The highest BCUT2D eigenvalue weighted by molar-refractivity contribution is 7.14. The van der Waals surface area contributed by atoms with Crippen LogP contribution in [0.4, 0.5) is 9.52 Å². The van der Waals surface area contributed by atoms with E-state index < -0.39 is 11.7 Å². The Morgan fingerprint density at radius 1 is 1.17 bits per heavy atom. The number of hydrogen-bond acceptors (Lipinski definition) is 5. The SMILES string of the molecule is CCCCN(C(=O)c1ccccc1F)c1nc(-c2cc(OC)ccc2OC)cs1. The number of hydrogen-bond donors (Lipinski definition) is 0. The maximum atomic E-state index is 14.2. The summed E-state index contributed by atoms with van der Waals surface area (Å²) in [7, 11) is 3.19. The van der Waals surface area contributed by atoms with Crippen molar-refractivity contribution in [3.8, 4) is 22.8 Å². The Labute approximate surface area is 173 Å². The molecule has 0 aliphatic carbocycles. The summed E-state index contributed by atoms with van der Waals surface area (Å²) in [5, 5.41) is 2.38. The number of aromatic nitrogens is 1. The number of ether oxygens (including phenoxy) is 2. The monoisotopic (exact) mass is 414 g/mol. The van der Waals surface area contributed by atoms with Gasteiger partial charge in [-0.25, -0.2) is 9.37 Å². The maximum absolute atomic E-state index is 14.2. The number of anilines is 1. The number of thiazole rings is 1. The minimum absolute atomic E-state index is 0.0410. The molecule has 1 heterocycles. The Morgan fingerprint density at radius 2 is 1.97 bits per heavy atom. The number of rotatable bonds is 8. The highest BCUT2D eigenvalue weighted by atomic mass is 32.1. The van der Waals surface area contributed by atoms with E-state index >= 15 is 0 Å². The molecule has 0 N–H and O–H groups in total. The lowest BCUT2D eigenvalue weighted by molar-refractivity contribution is 0.0982. The third-order valence-electron chi connectivity index (χ3n) is 4.49. The van der Waals surface area contributed by atoms with Crippen molar-refractivity contribution in [3.05, 3.63) is 59.2 Å². The molecule has 0 radical (unpaired) electrons. The van der Waals surface area contributed by atoms with Gasteiger partial charge in [0, 0.05) is 17.5 Å². The molecule has 0 saturated carbocycles. The lowest BCUT2D eigenvalue weighted by Crippen LogP contribution is -2.32. The zero-order chi connectivity index (χ0) is 20.8. The zero-order valence-corrected chi connectivity index (χ0v) is 17.5. The van der Waals surface area contributed by atoms with Crippen LogP contribution in [0.25, 0.3) is 11.3 Å². The Hall–Kier alpha value is -2.93. The number of halogens is 1. The summed E-state index contributed by atoms with van der Waals surface area (Å²) in [5.41, 5.74) is 1.48. The molecular formula is C22H23FN2O3S. The number of amides is 1. The smallest absolute Gasteiger partial charge is 0.263 e. The molecular weight excluding hydrogens is 391 g/mol. The van der Waals surface area contributed by atoms with Crippen LogP contribution >= 0.6 is 11.3 Å². The van der Waals surface area contributed by atoms with Gasteiger partial charge in [-0.05, 0) is 36.8 Å². The average molecular weight is 415 g/mol. The summed E-state index contributed by atoms with van der Waals surface area (Å²) in [5.74, 6) is 0.407. The van der Waals surface area contributed by atoms with Crippen molar-refractivity contribution in [1.29, 1.82) is 0 Å². The first-order valence-electron chi connectivity index (χ1n) is 9.33. The Balaban J connectivity index is 1.98. The number of unbranched alkanes of at least 4 members (excludes halogenated alkanes) is 1. The first-order chi connectivity index (χ1) is 14.1. The highest BCUT2D eigenvalue weighted by Crippen LogP contribution is 2.36. The molecule has 2 aromatic carbocycles. The Morgan fingerprint density at radius 3 is 2.66 bits per heavy atom. The van der Waals surface area contributed by atoms with E-state index in [4.69, 9.17) is 9.47 Å². The first-order valence-corrected chi connectivity index (χ1v) is 10.2. The average Bonchev–Trinajstić information content (AvgIpc) is 3.23. The second-order valence-electron chi connectivity index (χ2n) is 6.37. The maximum Gasteiger partial charge on any atom is 0.263 e. The lowest BCUT2D eigenvalue weighted by atomic mass is 10.1. The Kier molecular flexibility index (Phi) is 6.82. The molecule has 0 aliphatic heterocycles. The largest absolute Gasteiger partial charge is 0.497 e. The van der Waals surface area contributed by atoms with Crippen LogP contribution in [0, 0.1) is 5.82 Å². The molecule has 29 heavy (non-hydrogen) atoms. The van der Waals surface area contributed by atoms with Crippen molar-refractivity contribution in [3.63, 3.8) is 0 Å². The fourth-order valence-electron chi connectivity index (χ4n) is 2.91. The van der Waals surface area contributed by atoms with Gasteiger partial charge in [0.15, 0.2) is 5.13 Å². The van der Waals surface area contributed by atoms with Crippen LogP contribution in [0.1, 0.15) is 30.1 Å². The van der Waals surface area contributed by atoms with Gasteiger partial charge >= 0.3 is 0 Å². The van der Waals surface area contributed by atoms with Gasteiger partial charge in [-0.1, -0.05) is 25.5 Å². The van der Waals surface area contributed by atoms with Crippen LogP contribution in [-0.2, 0) is 0 Å². The van der Waals surface area contributed by atoms with Crippen molar-refractivity contribution < 1.29 is 18.7 Å². The van der Waals surface area contributed by atoms with Crippen LogP contribution < -0.4 is 14.4 Å². The van der Waals surface area contributed by atoms with E-state index in [1.54, 1.807) is 31.3 Å². The number of carbonyl (C=O) groups is 1. The third-order valence-corrected chi connectivity index (χ3v) is 5.35. The van der Waals surface area contributed by atoms with E-state index in [1.807, 2.05) is 30.5 Å². The molecule has 3 aromatic rings. The molecule has 0 aliphatic rings. The zero-order valence-electron chi connectivity index (χ0n) is 16.6. The summed E-state index contributed by atoms with van der Waals surface area (Å²) in [6, 6.07) is 11.5. The van der Waals surface area contributed by atoms with Crippen molar-refractivity contribution in [2.45, 2.75) is 19.8 Å². The third kappa shape index (κ3) is 4.56. The molecule has 7 heteroatoms. The van der Waals surface area contributed by atoms with E-state index in [-0.39, 0.29) is 5.56 Å². The number of nitrogens with zero attached hydrogens (tertiary/aromatic N) is 2. The molecule has 152 valence electrons. The topological polar surface area (TPSA) is 51.7 Å². The second-order valence-corrected chi connectivity index (χ2v) is 7.21. The highest BCUT2D eigenvalue weighted by Gasteiger charge is 2.23. The molecule has 5 nitrogen and oxygen atoms in total. The predicted octanol–water partition coefficient (Wildman–Crippen LogP) is 5.41. The molecule has 0 unspecified atom stereocenters. The summed E-state index contributed by atoms with van der Waals surface area (Å²) in [4.78, 5) is 19.3. The van der Waals surface area contributed by atoms with Crippen molar-refractivity contribution in [2.75, 3.05) is 25.7 Å². The van der Waals surface area contributed by atoms with E-state index in [1.165, 1.54) is 23.5 Å². The summed E-state index contributed by atoms with van der Waals surface area (Å²) in [6.45, 7) is 2.51. The van der Waals surface area contributed by atoms with Gasteiger partial charge in [-0.3, -0.25) is 9.69 Å². The molecule has 1 aromatic heterocycles. The molecule has 0 bridgehead atoms. The van der Waals surface area contributed by atoms with E-state index in [9.17, 15) is 9.18 Å². The van der Waals surface area contributed by atoms with Gasteiger partial charge in [0.2, 0.25) is 0 Å². The number of carbonyl (C=O) groups excluding carboxylic acids is 1. The van der Waals surface area contributed by atoms with Crippen molar-refractivity contribution in [1.82, 2.24) is 4.98 Å². The minimum Gasteiger partial charge on any atom is -0.497 e. The van der Waals surface area contributed by atoms with Crippen LogP contribution in [0.5, 0.6) is 11.5 Å². The molecule has 0 atom stereocenters. The molecule has 0 saturated heterocycles. The summed E-state index contributed by atoms with van der Waals surface area (Å²) < 4.78 is 24.9. The fourth-order valence-corrected chi connectivity index (χ4v) is 3.76. The van der Waals surface area contributed by atoms with Gasteiger partial charge in [0.25, 0.3) is 5.91 Å². The molecule has 3 rings (SSSR count). The number of methoxy groups -OCH3 is 2. The van der Waals surface area contributed by atoms with Crippen LogP contribution in [-0.4, -0.2) is 31.7 Å². The summed E-state index contributed by atoms with van der Waals surface area (Å²) >= 11 is 1.34. The molecule has 1 amide bonds. The van der Waals surface area contributed by atoms with Gasteiger partial charge in [0.05, 0.1) is 25.5 Å². The van der Waals surface area contributed by atoms with Gasteiger partial charge in [-0.2, -0.15) is 0 Å². The first kappa shape index (κ1) is 20.8. The van der Waals surface area contributed by atoms with Crippen molar-refractivity contribution in [2.24, 2.45) is 0 Å². The quantitative estimate of drug-likeness (QED) is 0.494. The van der Waals surface area contributed by atoms with Crippen LogP contribution in [0.2, 0.25) is 0 Å². The van der Waals surface area contributed by atoms with Crippen LogP contribution in [0.15, 0.2) is 47.8 Å². The van der Waals surface area contributed by atoms with Crippen molar-refractivity contribution >= 4 is 22.4 Å². The Bertz CT molecular complexity index is 990. The minimum atomic E-state index is -0.537. The van der Waals surface area contributed by atoms with Gasteiger partial charge < -0.3 is 9.47 Å². The number of benzene rings is 2. The molecule has 0 spiro atoms. The van der Waals surface area contributed by atoms with E-state index in [0.29, 0.717) is 28.9 Å². The summed E-state index contributed by atoms with van der Waals surface area (Å²) in [6.07, 6.45) is 1.70.